The molecule has 2 rings (SSSR count). The van der Waals surface area contributed by atoms with Gasteiger partial charge in [-0.15, -0.1) is 0 Å². The molecule has 0 aliphatic heterocycles. The molecule has 0 spiro atoms. The number of hydrogen-bond acceptors (Lipinski definition) is 4. The predicted molar refractivity (Wildman–Crippen MR) is 65.5 cm³/mol. The number of hydrogen-bond donors (Lipinski definition) is 1. The quantitative estimate of drug-likeness (QED) is 0.871. The summed E-state index contributed by atoms with van der Waals surface area (Å²) < 4.78 is 9.67. The zero-order chi connectivity index (χ0) is 12.8. The van der Waals surface area contributed by atoms with Crippen LogP contribution in [-0.4, -0.2) is 24.7 Å². The van der Waals surface area contributed by atoms with E-state index in [0.29, 0.717) is 12.1 Å². The van der Waals surface area contributed by atoms with Gasteiger partial charge in [-0.2, -0.15) is 0 Å². The molecule has 0 unspecified atom stereocenters. The highest BCUT2D eigenvalue weighted by molar-refractivity contribution is 5.93. The second kappa shape index (κ2) is 5.86. The number of nitrogens with one attached hydrogen (secondary N) is 1. The van der Waals surface area contributed by atoms with E-state index in [1.54, 1.807) is 7.11 Å². The second-order valence-corrected chi connectivity index (χ2v) is 3.77. The van der Waals surface area contributed by atoms with Crippen molar-refractivity contribution in [2.75, 3.05) is 13.7 Å². The highest BCUT2D eigenvalue weighted by Crippen LogP contribution is 2.11. The highest BCUT2D eigenvalue weighted by atomic mass is 16.5. The van der Waals surface area contributed by atoms with Gasteiger partial charge in [0, 0.05) is 6.54 Å². The summed E-state index contributed by atoms with van der Waals surface area (Å²) in [7, 11) is 1.63. The molecule has 0 radical (unpaired) electrons. The lowest BCUT2D eigenvalue weighted by atomic mass is 10.1. The van der Waals surface area contributed by atoms with Gasteiger partial charge in [-0.25, -0.2) is 0 Å². The number of carbonyl (C=O) groups is 1. The first-order chi connectivity index (χ1) is 8.79. The number of aromatic nitrogens is 1. The van der Waals surface area contributed by atoms with Crippen molar-refractivity contribution in [1.29, 1.82) is 0 Å². The average molecular weight is 246 g/mol. The molecule has 1 aromatic heterocycles. The van der Waals surface area contributed by atoms with Crippen LogP contribution in [0.2, 0.25) is 0 Å². The van der Waals surface area contributed by atoms with Gasteiger partial charge in [0.15, 0.2) is 0 Å². The first-order valence-electron chi connectivity index (χ1n) is 5.60. The van der Waals surface area contributed by atoms with E-state index in [1.165, 1.54) is 12.5 Å². The molecule has 0 aliphatic rings. The van der Waals surface area contributed by atoms with E-state index >= 15 is 0 Å². The summed E-state index contributed by atoms with van der Waals surface area (Å²) >= 11 is 0. The van der Waals surface area contributed by atoms with E-state index in [0.717, 1.165) is 17.7 Å². The van der Waals surface area contributed by atoms with Gasteiger partial charge in [0.1, 0.15) is 12.0 Å². The molecule has 94 valence electrons. The Labute approximate surface area is 105 Å². The van der Waals surface area contributed by atoms with Crippen LogP contribution in [0.1, 0.15) is 15.9 Å². The summed E-state index contributed by atoms with van der Waals surface area (Å²) in [5.74, 6) is 0.650. The molecule has 1 heterocycles. The zero-order valence-electron chi connectivity index (χ0n) is 10.1. The molecule has 1 aromatic carbocycles. The SMILES string of the molecule is COc1ccc(CCNC(=O)c2cnoc2)cc1. The molecule has 5 nitrogen and oxygen atoms in total. The van der Waals surface area contributed by atoms with Gasteiger partial charge in [0.05, 0.1) is 18.9 Å². The Kier molecular flexibility index (Phi) is 3.96. The minimum Gasteiger partial charge on any atom is -0.497 e. The zero-order valence-corrected chi connectivity index (χ0v) is 10.1. The fourth-order valence-electron chi connectivity index (χ4n) is 1.53. The van der Waals surface area contributed by atoms with E-state index in [2.05, 4.69) is 15.0 Å². The number of benzene rings is 1. The van der Waals surface area contributed by atoms with Crippen molar-refractivity contribution in [2.24, 2.45) is 0 Å². The van der Waals surface area contributed by atoms with Gasteiger partial charge < -0.3 is 14.6 Å². The lowest BCUT2D eigenvalue weighted by Gasteiger charge is -2.04. The lowest BCUT2D eigenvalue weighted by molar-refractivity contribution is 0.0953. The minimum atomic E-state index is -0.176. The van der Waals surface area contributed by atoms with Crippen LogP contribution in [0.15, 0.2) is 41.2 Å². The average Bonchev–Trinajstić information content (AvgIpc) is 2.93. The Morgan fingerprint density at radius 1 is 1.39 bits per heavy atom. The number of ether oxygens (including phenoxy) is 1. The van der Waals surface area contributed by atoms with Crippen molar-refractivity contribution >= 4 is 5.91 Å². The summed E-state index contributed by atoms with van der Waals surface area (Å²) in [4.78, 5) is 11.6. The molecule has 0 aliphatic carbocycles. The molecule has 1 amide bonds. The fraction of sp³-hybridized carbons (Fsp3) is 0.231. The highest BCUT2D eigenvalue weighted by Gasteiger charge is 2.06. The monoisotopic (exact) mass is 246 g/mol. The van der Waals surface area contributed by atoms with E-state index < -0.39 is 0 Å². The van der Waals surface area contributed by atoms with Crippen molar-refractivity contribution in [3.05, 3.63) is 47.9 Å². The number of amides is 1. The van der Waals surface area contributed by atoms with Crippen molar-refractivity contribution < 1.29 is 14.1 Å². The third-order valence-electron chi connectivity index (χ3n) is 2.55. The van der Waals surface area contributed by atoms with Gasteiger partial charge in [0.25, 0.3) is 5.91 Å². The largest absolute Gasteiger partial charge is 0.497 e. The van der Waals surface area contributed by atoms with E-state index in [-0.39, 0.29) is 5.91 Å². The summed E-state index contributed by atoms with van der Waals surface area (Å²) in [6.45, 7) is 0.566. The molecule has 2 aromatic rings. The van der Waals surface area contributed by atoms with Gasteiger partial charge >= 0.3 is 0 Å². The molecule has 18 heavy (non-hydrogen) atoms. The van der Waals surface area contributed by atoms with Crippen LogP contribution in [0.25, 0.3) is 0 Å². The van der Waals surface area contributed by atoms with E-state index in [9.17, 15) is 4.79 Å². The van der Waals surface area contributed by atoms with E-state index in [1.807, 2.05) is 24.3 Å². The summed E-state index contributed by atoms with van der Waals surface area (Å²) in [5.41, 5.74) is 1.58. The molecule has 0 saturated heterocycles. The normalized spacial score (nSPS) is 10.1. The molecule has 0 atom stereocenters. The smallest absolute Gasteiger partial charge is 0.256 e. The maximum absolute atomic E-state index is 11.6. The molecule has 0 saturated carbocycles. The van der Waals surface area contributed by atoms with Crippen molar-refractivity contribution in [3.8, 4) is 5.75 Å². The van der Waals surface area contributed by atoms with Crippen LogP contribution in [0.5, 0.6) is 5.75 Å². The van der Waals surface area contributed by atoms with Crippen LogP contribution in [0.3, 0.4) is 0 Å². The Morgan fingerprint density at radius 2 is 2.17 bits per heavy atom. The number of methoxy groups -OCH3 is 1. The number of rotatable bonds is 5. The standard InChI is InChI=1S/C13H14N2O3/c1-17-12-4-2-10(3-5-12)6-7-14-13(16)11-8-15-18-9-11/h2-5,8-9H,6-7H2,1H3,(H,14,16). The van der Waals surface area contributed by atoms with Crippen LogP contribution in [0, 0.1) is 0 Å². The second-order valence-electron chi connectivity index (χ2n) is 3.77. The molecule has 1 N–H and O–H groups in total. The summed E-state index contributed by atoms with van der Waals surface area (Å²) in [6, 6.07) is 7.75. The van der Waals surface area contributed by atoms with Crippen molar-refractivity contribution in [3.63, 3.8) is 0 Å². The van der Waals surface area contributed by atoms with Crippen LogP contribution >= 0.6 is 0 Å². The minimum absolute atomic E-state index is 0.176. The number of nitrogens with zero attached hydrogens (tertiary/aromatic N) is 1. The predicted octanol–water partition coefficient (Wildman–Crippen LogP) is 1.66. The summed E-state index contributed by atoms with van der Waals surface area (Å²) in [5, 5.41) is 6.27. The van der Waals surface area contributed by atoms with Gasteiger partial charge in [-0.3, -0.25) is 4.79 Å². The van der Waals surface area contributed by atoms with Crippen LogP contribution < -0.4 is 10.1 Å². The molecule has 5 heteroatoms. The fourth-order valence-corrected chi connectivity index (χ4v) is 1.53. The van der Waals surface area contributed by atoms with Gasteiger partial charge in [-0.05, 0) is 24.1 Å². The maximum Gasteiger partial charge on any atom is 0.256 e. The Hall–Kier alpha value is -2.30. The van der Waals surface area contributed by atoms with E-state index in [4.69, 9.17) is 4.74 Å². The molecule has 0 bridgehead atoms. The molecular formula is C13H14N2O3. The topological polar surface area (TPSA) is 64.4 Å². The Bertz CT molecular complexity index is 491. The number of carbonyl (C=O) groups excluding carboxylic acids is 1. The Morgan fingerprint density at radius 3 is 2.78 bits per heavy atom. The first-order valence-corrected chi connectivity index (χ1v) is 5.60. The summed E-state index contributed by atoms with van der Waals surface area (Å²) in [6.07, 6.45) is 3.48. The third kappa shape index (κ3) is 3.10. The van der Waals surface area contributed by atoms with Gasteiger partial charge in [0.2, 0.25) is 0 Å². The molecular weight excluding hydrogens is 232 g/mol. The van der Waals surface area contributed by atoms with Crippen LogP contribution in [-0.2, 0) is 6.42 Å². The van der Waals surface area contributed by atoms with Crippen molar-refractivity contribution in [1.82, 2.24) is 10.5 Å². The lowest BCUT2D eigenvalue weighted by Crippen LogP contribution is -2.25. The first kappa shape index (κ1) is 12.2. The third-order valence-corrected chi connectivity index (χ3v) is 2.55. The maximum atomic E-state index is 11.6. The van der Waals surface area contributed by atoms with Crippen molar-refractivity contribution in [2.45, 2.75) is 6.42 Å². The molecule has 0 fully saturated rings. The van der Waals surface area contributed by atoms with Crippen LogP contribution in [0.4, 0.5) is 0 Å². The Balaban J connectivity index is 1.79. The van der Waals surface area contributed by atoms with Gasteiger partial charge in [-0.1, -0.05) is 17.3 Å².